The number of hydrogen-bond acceptors (Lipinski definition) is 7. The number of halogens is 1. The summed E-state index contributed by atoms with van der Waals surface area (Å²) in [6, 6.07) is 2.28. The van der Waals surface area contributed by atoms with E-state index in [9.17, 15) is 9.90 Å². The number of aromatic nitrogens is 2. The number of fused-ring (bicyclic) bond motifs is 1. The number of likely N-dealkylation sites (tertiary alicyclic amines) is 1. The molecule has 34 heavy (non-hydrogen) atoms. The van der Waals surface area contributed by atoms with Gasteiger partial charge in [0.2, 0.25) is 5.91 Å². The zero-order chi connectivity index (χ0) is 23.7. The van der Waals surface area contributed by atoms with Crippen molar-refractivity contribution in [3.8, 4) is 0 Å². The Bertz CT molecular complexity index is 1170. The number of aliphatic hydroxyl groups is 1. The van der Waals surface area contributed by atoms with E-state index >= 15 is 0 Å². The fourth-order valence-corrected chi connectivity index (χ4v) is 5.97. The van der Waals surface area contributed by atoms with E-state index < -0.39 is 6.61 Å². The van der Waals surface area contributed by atoms with Crippen molar-refractivity contribution in [2.45, 2.75) is 37.9 Å². The van der Waals surface area contributed by atoms with Crippen molar-refractivity contribution in [1.29, 1.82) is 0 Å². The Morgan fingerprint density at radius 2 is 2.15 bits per heavy atom. The number of hydrogen-bond donors (Lipinski definition) is 2. The number of amides is 1. The summed E-state index contributed by atoms with van der Waals surface area (Å²) in [5.74, 6) is 0.738. The maximum absolute atomic E-state index is 11.9. The Hall–Kier alpha value is -2.40. The molecule has 0 radical (unpaired) electrons. The van der Waals surface area contributed by atoms with E-state index in [-0.39, 0.29) is 24.0 Å². The summed E-state index contributed by atoms with van der Waals surface area (Å²) < 4.78 is 2.78. The van der Waals surface area contributed by atoms with Crippen LogP contribution in [0.2, 0.25) is 0 Å². The molecule has 5 heterocycles. The van der Waals surface area contributed by atoms with Crippen LogP contribution in [0.1, 0.15) is 49.0 Å². The monoisotopic (exact) mass is 542 g/mol. The molecule has 3 aliphatic heterocycles. The van der Waals surface area contributed by atoms with Gasteiger partial charge in [0.05, 0.1) is 12.2 Å². The van der Waals surface area contributed by atoms with Crippen LogP contribution in [0.25, 0.3) is 5.57 Å². The maximum Gasteiger partial charge on any atom is 0.248 e. The van der Waals surface area contributed by atoms with Gasteiger partial charge >= 0.3 is 0 Å². The minimum Gasteiger partial charge on any atom is -0.387 e. The number of nitrogens with zero attached hydrogens (tertiary/aromatic N) is 5. The molecular formula is C24H27BrN6O2S. The summed E-state index contributed by atoms with van der Waals surface area (Å²) in [6.07, 6.45) is 10.7. The molecule has 8 nitrogen and oxygen atoms in total. The molecule has 3 aliphatic rings. The zero-order valence-electron chi connectivity index (χ0n) is 18.7. The van der Waals surface area contributed by atoms with Crippen LogP contribution in [0.3, 0.4) is 0 Å². The van der Waals surface area contributed by atoms with Crippen LogP contribution in [0.15, 0.2) is 49.6 Å². The highest BCUT2D eigenvalue weighted by Gasteiger charge is 2.28. The van der Waals surface area contributed by atoms with Gasteiger partial charge in [-0.25, -0.2) is 9.67 Å². The lowest BCUT2D eigenvalue weighted by Crippen LogP contribution is -2.41. The van der Waals surface area contributed by atoms with Gasteiger partial charge in [0.1, 0.15) is 12.8 Å². The number of aliphatic imine (C=N–C) groups is 2. The molecule has 1 saturated heterocycles. The fourth-order valence-electron chi connectivity index (χ4n) is 4.70. The number of piperidine rings is 1. The SMILES string of the molecule is NC1C/C(Br)=C\C(C2CCN(C(=O)CO)CC2)=Nc2c(C3=CCC(c4ccsc4)N=C3)cnn21. The van der Waals surface area contributed by atoms with Crippen LogP contribution in [0, 0.1) is 5.92 Å². The first-order valence-corrected chi connectivity index (χ1v) is 13.2. The van der Waals surface area contributed by atoms with E-state index in [1.165, 1.54) is 5.56 Å². The third kappa shape index (κ3) is 4.72. The van der Waals surface area contributed by atoms with E-state index in [0.717, 1.165) is 46.4 Å². The molecule has 0 aliphatic carbocycles. The van der Waals surface area contributed by atoms with Crippen LogP contribution < -0.4 is 5.73 Å². The van der Waals surface area contributed by atoms with Gasteiger partial charge in [-0.1, -0.05) is 22.0 Å². The van der Waals surface area contributed by atoms with Gasteiger partial charge in [-0.15, -0.1) is 0 Å². The van der Waals surface area contributed by atoms with Gasteiger partial charge in [-0.3, -0.25) is 9.79 Å². The molecule has 178 valence electrons. The summed E-state index contributed by atoms with van der Waals surface area (Å²) in [7, 11) is 0. The molecule has 0 spiro atoms. The number of nitrogens with two attached hydrogens (primary N) is 1. The van der Waals surface area contributed by atoms with Crippen molar-refractivity contribution in [2.24, 2.45) is 21.6 Å². The number of dihydropyridines is 1. The molecule has 2 aromatic heterocycles. The van der Waals surface area contributed by atoms with Crippen molar-refractivity contribution in [3.63, 3.8) is 0 Å². The fraction of sp³-hybridized carbons (Fsp3) is 0.417. The minimum absolute atomic E-state index is 0.152. The summed E-state index contributed by atoms with van der Waals surface area (Å²) >= 11 is 5.35. The van der Waals surface area contributed by atoms with E-state index in [2.05, 4.69) is 50.0 Å². The summed E-state index contributed by atoms with van der Waals surface area (Å²) in [4.78, 5) is 23.5. The Morgan fingerprint density at radius 3 is 2.82 bits per heavy atom. The largest absolute Gasteiger partial charge is 0.387 e. The quantitative estimate of drug-likeness (QED) is 0.608. The lowest BCUT2D eigenvalue weighted by atomic mass is 9.91. The Kier molecular flexibility index (Phi) is 6.91. The van der Waals surface area contributed by atoms with Crippen molar-refractivity contribution < 1.29 is 9.90 Å². The Labute approximate surface area is 210 Å². The van der Waals surface area contributed by atoms with Crippen molar-refractivity contribution in [3.05, 3.63) is 50.8 Å². The molecule has 3 N–H and O–H groups in total. The number of carbonyl (C=O) groups excluding carboxylic acids is 1. The number of thiophene rings is 1. The third-order valence-electron chi connectivity index (χ3n) is 6.62. The molecular weight excluding hydrogens is 516 g/mol. The van der Waals surface area contributed by atoms with Crippen LogP contribution in [-0.4, -0.2) is 57.3 Å². The second kappa shape index (κ2) is 10.1. The molecule has 0 aromatic carbocycles. The van der Waals surface area contributed by atoms with Crippen LogP contribution in [0.4, 0.5) is 5.82 Å². The number of aliphatic hydroxyl groups excluding tert-OH is 1. The lowest BCUT2D eigenvalue weighted by Gasteiger charge is -2.32. The van der Waals surface area contributed by atoms with Crippen molar-refractivity contribution in [1.82, 2.24) is 14.7 Å². The van der Waals surface area contributed by atoms with E-state index in [1.54, 1.807) is 20.9 Å². The summed E-state index contributed by atoms with van der Waals surface area (Å²) in [6.45, 7) is 0.783. The molecule has 2 atom stereocenters. The van der Waals surface area contributed by atoms with Crippen LogP contribution >= 0.6 is 27.3 Å². The first kappa shape index (κ1) is 23.3. The molecule has 10 heteroatoms. The minimum atomic E-state index is -0.443. The molecule has 2 aromatic rings. The predicted molar refractivity (Wildman–Crippen MR) is 139 cm³/mol. The van der Waals surface area contributed by atoms with Gasteiger partial charge in [-0.05, 0) is 47.7 Å². The molecule has 2 unspecified atom stereocenters. The van der Waals surface area contributed by atoms with Gasteiger partial charge in [0.25, 0.3) is 0 Å². The van der Waals surface area contributed by atoms with Gasteiger partial charge in [0, 0.05) is 53.0 Å². The van der Waals surface area contributed by atoms with Gasteiger partial charge < -0.3 is 15.7 Å². The highest BCUT2D eigenvalue weighted by Crippen LogP contribution is 2.36. The first-order chi connectivity index (χ1) is 16.5. The Balaban J connectivity index is 1.44. The third-order valence-corrected chi connectivity index (χ3v) is 7.88. The zero-order valence-corrected chi connectivity index (χ0v) is 21.1. The van der Waals surface area contributed by atoms with E-state index in [1.807, 2.05) is 12.4 Å². The first-order valence-electron chi connectivity index (χ1n) is 11.5. The molecule has 0 bridgehead atoms. The number of allylic oxidation sites excluding steroid dienone is 2. The lowest BCUT2D eigenvalue weighted by molar-refractivity contribution is -0.135. The van der Waals surface area contributed by atoms with Crippen LogP contribution in [-0.2, 0) is 4.79 Å². The topological polar surface area (TPSA) is 109 Å². The molecule has 5 rings (SSSR count). The van der Waals surface area contributed by atoms with Crippen LogP contribution in [0.5, 0.6) is 0 Å². The Morgan fingerprint density at radius 1 is 1.32 bits per heavy atom. The van der Waals surface area contributed by atoms with Crippen molar-refractivity contribution in [2.75, 3.05) is 19.7 Å². The maximum atomic E-state index is 11.9. The average Bonchev–Trinajstić information content (AvgIpc) is 3.53. The number of rotatable bonds is 4. The second-order valence-electron chi connectivity index (χ2n) is 8.78. The highest BCUT2D eigenvalue weighted by molar-refractivity contribution is 9.11. The number of carbonyl (C=O) groups is 1. The molecule has 0 saturated carbocycles. The second-order valence-corrected chi connectivity index (χ2v) is 10.6. The van der Waals surface area contributed by atoms with E-state index in [4.69, 9.17) is 15.7 Å². The predicted octanol–water partition coefficient (Wildman–Crippen LogP) is 3.99. The highest BCUT2D eigenvalue weighted by atomic mass is 79.9. The van der Waals surface area contributed by atoms with Gasteiger partial charge in [-0.2, -0.15) is 16.4 Å². The van der Waals surface area contributed by atoms with E-state index in [0.29, 0.717) is 19.5 Å². The van der Waals surface area contributed by atoms with Crippen molar-refractivity contribution >= 4 is 56.5 Å². The smallest absolute Gasteiger partial charge is 0.248 e. The molecule has 1 amide bonds. The summed E-state index contributed by atoms with van der Waals surface area (Å²) in [5, 5.41) is 18.0. The standard InChI is InChI=1S/C24H27BrN6O2S/c25-18-9-21(15-3-6-30(7-4-15)23(33)13-32)29-24-19(12-28-31(24)22(26)10-18)16-1-2-20(27-11-16)17-5-8-34-14-17/h1,5,8-9,11-12,14-15,20,22,32H,2-4,6-7,10,13,26H2/b18-9+,29-21?. The normalized spacial score (nSPS) is 25.0. The molecule has 1 fully saturated rings. The van der Waals surface area contributed by atoms with Gasteiger partial charge in [0.15, 0.2) is 5.82 Å². The average molecular weight is 543 g/mol. The summed E-state index contributed by atoms with van der Waals surface area (Å²) in [5.41, 5.74) is 10.6.